The molecule has 2 aromatic rings. The van der Waals surface area contributed by atoms with Gasteiger partial charge in [-0.05, 0) is 12.5 Å². The molecule has 1 aliphatic rings. The Morgan fingerprint density at radius 3 is 2.91 bits per heavy atom. The molecule has 3 rings (SSSR count). The van der Waals surface area contributed by atoms with E-state index in [1.54, 1.807) is 6.07 Å². The van der Waals surface area contributed by atoms with Crippen molar-refractivity contribution in [3.05, 3.63) is 27.4 Å². The molecule has 0 radical (unpaired) electrons. The first-order valence-electron chi connectivity index (χ1n) is 7.11. The minimum atomic E-state index is -0.600. The summed E-state index contributed by atoms with van der Waals surface area (Å²) in [6.45, 7) is 2.06. The fraction of sp³-hybridized carbons (Fsp3) is 0.333. The van der Waals surface area contributed by atoms with Crippen molar-refractivity contribution in [1.29, 1.82) is 0 Å². The Bertz CT molecular complexity index is 816. The number of fused-ring (bicyclic) bond motifs is 3. The summed E-state index contributed by atoms with van der Waals surface area (Å²) in [6, 6.07) is 1.54. The van der Waals surface area contributed by atoms with E-state index in [0.717, 1.165) is 11.3 Å². The van der Waals surface area contributed by atoms with Crippen molar-refractivity contribution < 1.29 is 14.3 Å². The van der Waals surface area contributed by atoms with Crippen molar-refractivity contribution in [2.75, 3.05) is 13.2 Å². The summed E-state index contributed by atoms with van der Waals surface area (Å²) in [5.41, 5.74) is 7.46. The summed E-state index contributed by atoms with van der Waals surface area (Å²) in [4.78, 5) is 26.4. The van der Waals surface area contributed by atoms with Crippen LogP contribution in [0.3, 0.4) is 0 Å². The van der Waals surface area contributed by atoms with Crippen LogP contribution in [0.5, 0.6) is 5.75 Å². The number of aromatic nitrogens is 1. The van der Waals surface area contributed by atoms with Gasteiger partial charge in [0.25, 0.3) is 5.91 Å². The first kappa shape index (κ1) is 16.0. The van der Waals surface area contributed by atoms with Gasteiger partial charge in [-0.1, -0.05) is 23.2 Å². The summed E-state index contributed by atoms with van der Waals surface area (Å²) < 4.78 is 5.50. The topological polar surface area (TPSA) is 97.2 Å². The number of aromatic amines is 1. The lowest BCUT2D eigenvalue weighted by Gasteiger charge is -2.13. The lowest BCUT2D eigenvalue weighted by atomic mass is 9.96. The van der Waals surface area contributed by atoms with E-state index in [-0.39, 0.29) is 18.4 Å². The monoisotopic (exact) mass is 355 g/mol. The van der Waals surface area contributed by atoms with Gasteiger partial charge in [0, 0.05) is 30.1 Å². The Hall–Kier alpha value is -1.92. The van der Waals surface area contributed by atoms with Gasteiger partial charge in [0.15, 0.2) is 6.61 Å². The van der Waals surface area contributed by atoms with E-state index in [2.05, 4.69) is 10.3 Å². The fourth-order valence-corrected chi connectivity index (χ4v) is 3.28. The van der Waals surface area contributed by atoms with Gasteiger partial charge < -0.3 is 20.8 Å². The highest BCUT2D eigenvalue weighted by Gasteiger charge is 2.29. The summed E-state index contributed by atoms with van der Waals surface area (Å²) >= 11 is 12.4. The van der Waals surface area contributed by atoms with E-state index < -0.39 is 5.91 Å². The molecule has 0 spiro atoms. The highest BCUT2D eigenvalue weighted by molar-refractivity contribution is 6.45. The van der Waals surface area contributed by atoms with Gasteiger partial charge in [0.05, 0.1) is 21.5 Å². The molecule has 0 aliphatic carbocycles. The summed E-state index contributed by atoms with van der Waals surface area (Å²) in [7, 11) is 0. The largest absolute Gasteiger partial charge is 0.483 e. The number of H-pyrrole nitrogens is 1. The average molecular weight is 356 g/mol. The molecule has 0 unspecified atom stereocenters. The lowest BCUT2D eigenvalue weighted by Crippen LogP contribution is -2.26. The minimum absolute atomic E-state index is 0.0726. The van der Waals surface area contributed by atoms with Gasteiger partial charge in [0.1, 0.15) is 5.75 Å². The number of carbonyl (C=O) groups excluding carboxylic acids is 2. The number of rotatable bonds is 3. The number of primary amides is 1. The molecule has 0 fully saturated rings. The van der Waals surface area contributed by atoms with Crippen molar-refractivity contribution in [3.63, 3.8) is 0 Å². The number of carbonyl (C=O) groups is 2. The Labute approximate surface area is 142 Å². The molecule has 1 aliphatic heterocycles. The van der Waals surface area contributed by atoms with Crippen LogP contribution in [0.2, 0.25) is 10.0 Å². The summed E-state index contributed by atoms with van der Waals surface area (Å²) in [5, 5.41) is 4.18. The maximum absolute atomic E-state index is 12.1. The molecule has 2 amide bonds. The molecule has 122 valence electrons. The summed E-state index contributed by atoms with van der Waals surface area (Å²) in [5.74, 6) is -0.671. The highest BCUT2D eigenvalue weighted by atomic mass is 35.5. The van der Waals surface area contributed by atoms with Gasteiger partial charge in [-0.25, -0.2) is 0 Å². The molecule has 0 bridgehead atoms. The summed E-state index contributed by atoms with van der Waals surface area (Å²) in [6.07, 6.45) is 0.642. The lowest BCUT2D eigenvalue weighted by molar-refractivity contribution is -0.122. The average Bonchev–Trinajstić information content (AvgIpc) is 2.82. The van der Waals surface area contributed by atoms with Gasteiger partial charge >= 0.3 is 0 Å². The third-order valence-electron chi connectivity index (χ3n) is 3.92. The number of nitrogens with one attached hydrogen (secondary N) is 2. The van der Waals surface area contributed by atoms with E-state index in [9.17, 15) is 9.59 Å². The quantitative estimate of drug-likeness (QED) is 0.786. The van der Waals surface area contributed by atoms with Crippen LogP contribution in [0.15, 0.2) is 6.07 Å². The molecule has 0 saturated carbocycles. The zero-order valence-corrected chi connectivity index (χ0v) is 13.8. The predicted molar refractivity (Wildman–Crippen MR) is 88.1 cm³/mol. The number of nitrogens with two attached hydrogens (primary N) is 1. The Morgan fingerprint density at radius 2 is 2.22 bits per heavy atom. The molecule has 2 heterocycles. The molecular formula is C15H15Cl2N3O3. The fourth-order valence-electron chi connectivity index (χ4n) is 2.89. The maximum Gasteiger partial charge on any atom is 0.255 e. The first-order valence-corrected chi connectivity index (χ1v) is 7.87. The molecule has 23 heavy (non-hydrogen) atoms. The number of amides is 2. The van der Waals surface area contributed by atoms with E-state index in [4.69, 9.17) is 33.7 Å². The van der Waals surface area contributed by atoms with Crippen LogP contribution in [0, 0.1) is 0 Å². The normalized spacial score (nSPS) is 17.5. The van der Waals surface area contributed by atoms with E-state index in [1.807, 2.05) is 6.92 Å². The van der Waals surface area contributed by atoms with Crippen LogP contribution in [0.25, 0.3) is 10.9 Å². The highest BCUT2D eigenvalue weighted by Crippen LogP contribution is 2.43. The zero-order valence-electron chi connectivity index (χ0n) is 12.3. The van der Waals surface area contributed by atoms with Gasteiger partial charge in [-0.15, -0.1) is 0 Å². The Kier molecular flexibility index (Phi) is 4.12. The van der Waals surface area contributed by atoms with Gasteiger partial charge in [-0.2, -0.15) is 0 Å². The van der Waals surface area contributed by atoms with E-state index >= 15 is 0 Å². The molecule has 6 nitrogen and oxygen atoms in total. The predicted octanol–water partition coefficient (Wildman–Crippen LogP) is 2.11. The number of benzene rings is 1. The molecule has 8 heteroatoms. The van der Waals surface area contributed by atoms with Crippen LogP contribution in [0.1, 0.15) is 24.1 Å². The van der Waals surface area contributed by atoms with Gasteiger partial charge in [-0.3, -0.25) is 9.59 Å². The van der Waals surface area contributed by atoms with Crippen LogP contribution in [0.4, 0.5) is 0 Å². The van der Waals surface area contributed by atoms with Crippen LogP contribution in [-0.4, -0.2) is 29.9 Å². The SMILES string of the molecule is C[C@@H]1C(=O)NCCc2[nH]c3c(Cl)c(Cl)cc(OCC(N)=O)c3c21. The Morgan fingerprint density at radius 1 is 1.48 bits per heavy atom. The molecule has 1 aromatic carbocycles. The van der Waals surface area contributed by atoms with Crippen LogP contribution >= 0.6 is 23.2 Å². The molecule has 4 N–H and O–H groups in total. The maximum atomic E-state index is 12.1. The second-order valence-electron chi connectivity index (χ2n) is 5.46. The first-order chi connectivity index (χ1) is 10.9. The third kappa shape index (κ3) is 2.72. The van der Waals surface area contributed by atoms with Crippen LogP contribution < -0.4 is 15.8 Å². The minimum Gasteiger partial charge on any atom is -0.483 e. The van der Waals surface area contributed by atoms with Gasteiger partial charge in [0.2, 0.25) is 5.91 Å². The second-order valence-corrected chi connectivity index (χ2v) is 6.24. The van der Waals surface area contributed by atoms with Crippen LogP contribution in [-0.2, 0) is 16.0 Å². The third-order valence-corrected chi connectivity index (χ3v) is 4.71. The number of hydrogen-bond acceptors (Lipinski definition) is 3. The second kappa shape index (κ2) is 5.94. The molecule has 1 atom stereocenters. The molecule has 0 saturated heterocycles. The van der Waals surface area contributed by atoms with Crippen molar-refractivity contribution in [3.8, 4) is 5.75 Å². The van der Waals surface area contributed by atoms with E-state index in [0.29, 0.717) is 39.7 Å². The van der Waals surface area contributed by atoms with Crippen molar-refractivity contribution in [2.24, 2.45) is 5.73 Å². The van der Waals surface area contributed by atoms with Crippen molar-refractivity contribution in [2.45, 2.75) is 19.3 Å². The number of ether oxygens (including phenoxy) is 1. The molecular weight excluding hydrogens is 341 g/mol. The standard InChI is InChI=1S/C15H15Cl2N3O3/c1-6-11-8(2-3-19-15(6)22)20-14-12(11)9(23-5-10(18)21)4-7(16)13(14)17/h4,6,20H,2-3,5H2,1H3,(H2,18,21)(H,19,22)/t6-/m0/s1. The van der Waals surface area contributed by atoms with E-state index in [1.165, 1.54) is 0 Å². The number of hydrogen-bond donors (Lipinski definition) is 3. The Balaban J connectivity index is 2.27. The molecule has 1 aromatic heterocycles. The van der Waals surface area contributed by atoms with Crippen molar-refractivity contribution >= 4 is 45.9 Å². The van der Waals surface area contributed by atoms with Crippen molar-refractivity contribution in [1.82, 2.24) is 10.3 Å². The zero-order chi connectivity index (χ0) is 16.7. The smallest absolute Gasteiger partial charge is 0.255 e. The number of halogens is 2.